The van der Waals surface area contributed by atoms with E-state index < -0.39 is 6.10 Å². The van der Waals surface area contributed by atoms with Gasteiger partial charge in [0.2, 0.25) is 5.91 Å². The first-order valence-corrected chi connectivity index (χ1v) is 10.7. The van der Waals surface area contributed by atoms with Gasteiger partial charge in [-0.2, -0.15) is 0 Å². The molecule has 0 aromatic carbocycles. The molecular formula is C23H28N4O4. The van der Waals surface area contributed by atoms with Gasteiger partial charge in [0, 0.05) is 51.0 Å². The number of carbonyl (C=O) groups is 2. The molecule has 8 heteroatoms. The predicted molar refractivity (Wildman–Crippen MR) is 113 cm³/mol. The van der Waals surface area contributed by atoms with E-state index in [1.807, 2.05) is 34.1 Å². The maximum atomic E-state index is 13.0. The van der Waals surface area contributed by atoms with Crippen molar-refractivity contribution in [3.63, 3.8) is 0 Å². The lowest BCUT2D eigenvalue weighted by Gasteiger charge is -2.52. The number of aromatic nitrogens is 2. The number of hydrogen-bond acceptors (Lipinski definition) is 6. The molecule has 0 radical (unpaired) electrons. The fraction of sp³-hybridized carbons (Fsp3) is 0.478. The van der Waals surface area contributed by atoms with Crippen molar-refractivity contribution < 1.29 is 19.1 Å². The van der Waals surface area contributed by atoms with Crippen LogP contribution in [0.15, 0.2) is 49.1 Å². The SMILES string of the molecule is COCCOC1C(=O)N(C2CCN(C(=O)Cc3cccnc3)CC2)C1c1ccncc1. The number of pyridine rings is 2. The molecule has 2 aromatic rings. The monoisotopic (exact) mass is 424 g/mol. The van der Waals surface area contributed by atoms with Gasteiger partial charge < -0.3 is 19.3 Å². The molecule has 164 valence electrons. The number of piperidine rings is 1. The van der Waals surface area contributed by atoms with E-state index >= 15 is 0 Å². The van der Waals surface area contributed by atoms with E-state index in [0.717, 1.165) is 24.0 Å². The Morgan fingerprint density at radius 2 is 1.87 bits per heavy atom. The molecular weight excluding hydrogens is 396 g/mol. The van der Waals surface area contributed by atoms with Crippen molar-refractivity contribution in [1.29, 1.82) is 0 Å². The molecule has 2 aromatic heterocycles. The van der Waals surface area contributed by atoms with Gasteiger partial charge in [0.05, 0.1) is 25.7 Å². The Morgan fingerprint density at radius 1 is 1.10 bits per heavy atom. The number of ether oxygens (including phenoxy) is 2. The Labute approximate surface area is 182 Å². The zero-order valence-electron chi connectivity index (χ0n) is 17.7. The zero-order valence-corrected chi connectivity index (χ0v) is 17.7. The van der Waals surface area contributed by atoms with Crippen LogP contribution in [-0.2, 0) is 25.5 Å². The van der Waals surface area contributed by atoms with Crippen molar-refractivity contribution in [2.24, 2.45) is 0 Å². The van der Waals surface area contributed by atoms with Gasteiger partial charge in [-0.3, -0.25) is 19.6 Å². The summed E-state index contributed by atoms with van der Waals surface area (Å²) in [5.41, 5.74) is 1.94. The summed E-state index contributed by atoms with van der Waals surface area (Å²) >= 11 is 0. The van der Waals surface area contributed by atoms with Crippen molar-refractivity contribution in [1.82, 2.24) is 19.8 Å². The largest absolute Gasteiger partial charge is 0.382 e. The minimum atomic E-state index is -0.497. The lowest BCUT2D eigenvalue weighted by Crippen LogP contribution is -2.65. The number of hydrogen-bond donors (Lipinski definition) is 0. The molecule has 2 aliphatic heterocycles. The van der Waals surface area contributed by atoms with Gasteiger partial charge in [-0.15, -0.1) is 0 Å². The van der Waals surface area contributed by atoms with Gasteiger partial charge in [-0.05, 0) is 42.2 Å². The van der Waals surface area contributed by atoms with Crippen molar-refractivity contribution in [3.05, 3.63) is 60.2 Å². The molecule has 2 fully saturated rings. The van der Waals surface area contributed by atoms with Crippen LogP contribution in [0.1, 0.15) is 30.0 Å². The van der Waals surface area contributed by atoms with Crippen molar-refractivity contribution in [2.75, 3.05) is 33.4 Å². The van der Waals surface area contributed by atoms with Crippen LogP contribution in [0.2, 0.25) is 0 Å². The Kier molecular flexibility index (Phi) is 6.89. The van der Waals surface area contributed by atoms with Gasteiger partial charge in [0.25, 0.3) is 5.91 Å². The maximum Gasteiger partial charge on any atom is 0.255 e. The highest BCUT2D eigenvalue weighted by Gasteiger charge is 2.52. The highest BCUT2D eigenvalue weighted by Crippen LogP contribution is 2.40. The van der Waals surface area contributed by atoms with E-state index in [-0.39, 0.29) is 23.9 Å². The van der Waals surface area contributed by atoms with Crippen LogP contribution in [0.4, 0.5) is 0 Å². The fourth-order valence-corrected chi connectivity index (χ4v) is 4.39. The summed E-state index contributed by atoms with van der Waals surface area (Å²) in [5.74, 6) is 0.117. The number of nitrogens with zero attached hydrogens (tertiary/aromatic N) is 4. The predicted octanol–water partition coefficient (Wildman–Crippen LogP) is 1.63. The number of likely N-dealkylation sites (tertiary alicyclic amines) is 2. The summed E-state index contributed by atoms with van der Waals surface area (Å²) in [4.78, 5) is 37.6. The van der Waals surface area contributed by atoms with E-state index in [9.17, 15) is 9.59 Å². The van der Waals surface area contributed by atoms with E-state index in [2.05, 4.69) is 9.97 Å². The van der Waals surface area contributed by atoms with Crippen molar-refractivity contribution in [2.45, 2.75) is 37.5 Å². The number of methoxy groups -OCH3 is 1. The highest BCUT2D eigenvalue weighted by molar-refractivity contribution is 5.89. The second-order valence-corrected chi connectivity index (χ2v) is 7.91. The van der Waals surface area contributed by atoms with E-state index in [0.29, 0.717) is 32.7 Å². The molecule has 2 amide bonds. The molecule has 4 rings (SSSR count). The second kappa shape index (κ2) is 9.98. The number of carbonyl (C=O) groups excluding carboxylic acids is 2. The molecule has 0 aliphatic carbocycles. The van der Waals surface area contributed by atoms with Crippen LogP contribution in [-0.4, -0.2) is 77.1 Å². The van der Waals surface area contributed by atoms with Gasteiger partial charge in [-0.25, -0.2) is 0 Å². The van der Waals surface area contributed by atoms with Gasteiger partial charge in [0.1, 0.15) is 0 Å². The average Bonchev–Trinajstić information content (AvgIpc) is 2.81. The summed E-state index contributed by atoms with van der Waals surface area (Å²) in [6.07, 6.45) is 8.29. The van der Waals surface area contributed by atoms with Crippen molar-refractivity contribution >= 4 is 11.8 Å². The van der Waals surface area contributed by atoms with Crippen LogP contribution >= 0.6 is 0 Å². The molecule has 2 saturated heterocycles. The quantitative estimate of drug-likeness (QED) is 0.473. The van der Waals surface area contributed by atoms with Crippen LogP contribution in [0, 0.1) is 0 Å². The van der Waals surface area contributed by atoms with E-state index in [1.165, 1.54) is 0 Å². The fourth-order valence-electron chi connectivity index (χ4n) is 4.39. The number of amides is 2. The number of rotatable bonds is 8. The molecule has 2 unspecified atom stereocenters. The number of β-lactam (4-membered cyclic amide) rings is 1. The Bertz CT molecular complexity index is 872. The van der Waals surface area contributed by atoms with Crippen LogP contribution in [0.3, 0.4) is 0 Å². The smallest absolute Gasteiger partial charge is 0.255 e. The molecule has 8 nitrogen and oxygen atoms in total. The molecule has 2 atom stereocenters. The minimum Gasteiger partial charge on any atom is -0.382 e. The minimum absolute atomic E-state index is 0.0121. The lowest BCUT2D eigenvalue weighted by atomic mass is 9.86. The van der Waals surface area contributed by atoms with Gasteiger partial charge in [-0.1, -0.05) is 6.07 Å². The van der Waals surface area contributed by atoms with Gasteiger partial charge >= 0.3 is 0 Å². The summed E-state index contributed by atoms with van der Waals surface area (Å²) in [5, 5.41) is 0. The average molecular weight is 425 g/mol. The third-order valence-corrected chi connectivity index (χ3v) is 6.01. The standard InChI is InChI=1S/C23H28N4O4/c1-30-13-14-31-22-21(18-4-9-24-10-5-18)27(23(22)29)19-6-11-26(12-7-19)20(28)15-17-3-2-8-25-16-17/h2-5,8-10,16,19,21-22H,6-7,11-15H2,1H3. The molecule has 2 aliphatic rings. The molecule has 0 spiro atoms. The summed E-state index contributed by atoms with van der Waals surface area (Å²) < 4.78 is 10.9. The molecule has 0 saturated carbocycles. The van der Waals surface area contributed by atoms with Crippen LogP contribution in [0.25, 0.3) is 0 Å². The topological polar surface area (TPSA) is 84.9 Å². The first kappa shape index (κ1) is 21.4. The van der Waals surface area contributed by atoms with Crippen LogP contribution < -0.4 is 0 Å². The van der Waals surface area contributed by atoms with E-state index in [1.54, 1.807) is 31.9 Å². The second-order valence-electron chi connectivity index (χ2n) is 7.91. The molecule has 4 heterocycles. The molecule has 0 N–H and O–H groups in total. The third kappa shape index (κ3) is 4.75. The van der Waals surface area contributed by atoms with E-state index in [4.69, 9.17) is 9.47 Å². The normalized spacial score (nSPS) is 21.8. The maximum absolute atomic E-state index is 13.0. The Hall–Kier alpha value is -2.84. The molecule has 31 heavy (non-hydrogen) atoms. The first-order chi connectivity index (χ1) is 15.2. The summed E-state index contributed by atoms with van der Waals surface area (Å²) in [6, 6.07) is 7.59. The Morgan fingerprint density at radius 3 is 2.55 bits per heavy atom. The highest BCUT2D eigenvalue weighted by atomic mass is 16.5. The summed E-state index contributed by atoms with van der Waals surface area (Å²) in [7, 11) is 1.61. The summed E-state index contributed by atoms with van der Waals surface area (Å²) in [6.45, 7) is 2.12. The molecule has 0 bridgehead atoms. The van der Waals surface area contributed by atoms with Crippen LogP contribution in [0.5, 0.6) is 0 Å². The lowest BCUT2D eigenvalue weighted by molar-refractivity contribution is -0.184. The Balaban J connectivity index is 1.38. The third-order valence-electron chi connectivity index (χ3n) is 6.01. The zero-order chi connectivity index (χ0) is 21.6. The van der Waals surface area contributed by atoms with Gasteiger partial charge in [0.15, 0.2) is 6.10 Å². The van der Waals surface area contributed by atoms with Crippen molar-refractivity contribution in [3.8, 4) is 0 Å². The first-order valence-electron chi connectivity index (χ1n) is 10.7.